The summed E-state index contributed by atoms with van der Waals surface area (Å²) in [5, 5.41) is 0. The fourth-order valence-corrected chi connectivity index (χ4v) is 3.30. The van der Waals surface area contributed by atoms with Crippen LogP contribution in [0.3, 0.4) is 0 Å². The Hall–Kier alpha value is -2.20. The van der Waals surface area contributed by atoms with E-state index in [9.17, 15) is 0 Å². The molecule has 0 aliphatic rings. The molecule has 21 heavy (non-hydrogen) atoms. The summed E-state index contributed by atoms with van der Waals surface area (Å²) in [6, 6.07) is 12.2. The van der Waals surface area contributed by atoms with E-state index in [4.69, 9.17) is 10.7 Å². The third kappa shape index (κ3) is 2.54. The molecular weight excluding hydrogens is 278 g/mol. The fourth-order valence-electron chi connectivity index (χ4n) is 2.38. The number of hydrogen-bond acceptors (Lipinski definition) is 4. The van der Waals surface area contributed by atoms with Gasteiger partial charge in [0, 0.05) is 26.4 Å². The Morgan fingerprint density at radius 1 is 1.00 bits per heavy atom. The zero-order chi connectivity index (χ0) is 15.0. The SMILES string of the molecule is Cc1cc(-c2nc(N)c(C)c(-c3ccccc3)n2)c(C)s1. The lowest BCUT2D eigenvalue weighted by atomic mass is 10.1. The van der Waals surface area contributed by atoms with E-state index in [1.54, 1.807) is 11.3 Å². The Balaban J connectivity index is 2.21. The van der Waals surface area contributed by atoms with Crippen LogP contribution in [-0.4, -0.2) is 9.97 Å². The van der Waals surface area contributed by atoms with Gasteiger partial charge < -0.3 is 5.73 Å². The van der Waals surface area contributed by atoms with Gasteiger partial charge in [0.1, 0.15) is 5.82 Å². The Morgan fingerprint density at radius 2 is 1.71 bits per heavy atom. The van der Waals surface area contributed by atoms with Crippen molar-refractivity contribution >= 4 is 17.2 Å². The highest BCUT2D eigenvalue weighted by atomic mass is 32.1. The summed E-state index contributed by atoms with van der Waals surface area (Å²) in [6.07, 6.45) is 0. The minimum Gasteiger partial charge on any atom is -0.383 e. The van der Waals surface area contributed by atoms with Gasteiger partial charge >= 0.3 is 0 Å². The number of rotatable bonds is 2. The summed E-state index contributed by atoms with van der Waals surface area (Å²) in [5.41, 5.74) is 10.1. The van der Waals surface area contributed by atoms with E-state index >= 15 is 0 Å². The van der Waals surface area contributed by atoms with Crippen LogP contribution in [0.1, 0.15) is 15.3 Å². The molecule has 0 spiro atoms. The predicted molar refractivity (Wildman–Crippen MR) is 89.4 cm³/mol. The molecule has 0 unspecified atom stereocenters. The summed E-state index contributed by atoms with van der Waals surface area (Å²) >= 11 is 1.75. The quantitative estimate of drug-likeness (QED) is 0.763. The molecule has 1 aromatic carbocycles. The van der Waals surface area contributed by atoms with Crippen molar-refractivity contribution in [2.45, 2.75) is 20.8 Å². The van der Waals surface area contributed by atoms with Crippen LogP contribution in [0, 0.1) is 20.8 Å². The minimum absolute atomic E-state index is 0.544. The number of thiophene rings is 1. The number of nitrogens with zero attached hydrogens (tertiary/aromatic N) is 2. The molecule has 2 heterocycles. The van der Waals surface area contributed by atoms with Gasteiger partial charge in [-0.1, -0.05) is 30.3 Å². The molecule has 0 aliphatic carbocycles. The first-order chi connectivity index (χ1) is 10.1. The van der Waals surface area contributed by atoms with Crippen molar-refractivity contribution in [3.8, 4) is 22.6 Å². The average molecular weight is 295 g/mol. The molecule has 3 nitrogen and oxygen atoms in total. The number of aromatic nitrogens is 2. The molecule has 0 fully saturated rings. The van der Waals surface area contributed by atoms with E-state index in [1.165, 1.54) is 9.75 Å². The maximum absolute atomic E-state index is 6.11. The van der Waals surface area contributed by atoms with Gasteiger partial charge in [-0.15, -0.1) is 11.3 Å². The molecule has 2 aromatic heterocycles. The van der Waals surface area contributed by atoms with Crippen molar-refractivity contribution in [2.75, 3.05) is 5.73 Å². The topological polar surface area (TPSA) is 51.8 Å². The van der Waals surface area contributed by atoms with Gasteiger partial charge in [-0.2, -0.15) is 0 Å². The smallest absolute Gasteiger partial charge is 0.163 e. The lowest BCUT2D eigenvalue weighted by Crippen LogP contribution is -2.02. The molecule has 2 N–H and O–H groups in total. The molecule has 4 heteroatoms. The molecule has 0 bridgehead atoms. The number of anilines is 1. The summed E-state index contributed by atoms with van der Waals surface area (Å²) < 4.78 is 0. The lowest BCUT2D eigenvalue weighted by Gasteiger charge is -2.10. The lowest BCUT2D eigenvalue weighted by molar-refractivity contribution is 1.15. The van der Waals surface area contributed by atoms with E-state index < -0.39 is 0 Å². The van der Waals surface area contributed by atoms with Crippen LogP contribution in [0.4, 0.5) is 5.82 Å². The Labute approximate surface area is 128 Å². The van der Waals surface area contributed by atoms with Crippen LogP contribution < -0.4 is 5.73 Å². The summed E-state index contributed by atoms with van der Waals surface area (Å²) in [7, 11) is 0. The second-order valence-electron chi connectivity index (χ2n) is 5.10. The van der Waals surface area contributed by atoms with Crippen molar-refractivity contribution in [1.29, 1.82) is 0 Å². The first-order valence-electron chi connectivity index (χ1n) is 6.83. The standard InChI is InChI=1S/C17H17N3S/c1-10-9-14(12(3)21-10)17-19-15(11(2)16(18)20-17)13-7-5-4-6-8-13/h4-9H,1-3H3,(H2,18,19,20). The van der Waals surface area contributed by atoms with Crippen LogP contribution in [0.25, 0.3) is 22.6 Å². The molecular formula is C17H17N3S. The second-order valence-corrected chi connectivity index (χ2v) is 6.56. The Bertz CT molecular complexity index is 791. The van der Waals surface area contributed by atoms with Gasteiger partial charge in [0.25, 0.3) is 0 Å². The molecule has 106 valence electrons. The third-order valence-corrected chi connectivity index (χ3v) is 4.48. The average Bonchev–Trinajstić information content (AvgIpc) is 2.81. The van der Waals surface area contributed by atoms with Crippen LogP contribution in [0.5, 0.6) is 0 Å². The molecule has 0 saturated carbocycles. The predicted octanol–water partition coefficient (Wildman–Crippen LogP) is 4.38. The first-order valence-corrected chi connectivity index (χ1v) is 7.65. The van der Waals surface area contributed by atoms with Crippen LogP contribution in [0.2, 0.25) is 0 Å². The van der Waals surface area contributed by atoms with Gasteiger partial charge in [0.15, 0.2) is 5.82 Å². The zero-order valence-corrected chi connectivity index (χ0v) is 13.2. The number of benzene rings is 1. The molecule has 0 amide bonds. The van der Waals surface area contributed by atoms with E-state index in [-0.39, 0.29) is 0 Å². The van der Waals surface area contributed by atoms with Crippen LogP contribution in [-0.2, 0) is 0 Å². The number of hydrogen-bond donors (Lipinski definition) is 1. The van der Waals surface area contributed by atoms with Crippen molar-refractivity contribution < 1.29 is 0 Å². The second kappa shape index (κ2) is 5.30. The van der Waals surface area contributed by atoms with E-state index in [0.29, 0.717) is 11.6 Å². The highest BCUT2D eigenvalue weighted by Crippen LogP contribution is 2.32. The van der Waals surface area contributed by atoms with Crippen molar-refractivity contribution in [3.05, 3.63) is 51.7 Å². The molecule has 3 rings (SSSR count). The zero-order valence-electron chi connectivity index (χ0n) is 12.3. The number of nitrogens with two attached hydrogens (primary N) is 1. The number of nitrogen functional groups attached to an aromatic ring is 1. The van der Waals surface area contributed by atoms with Gasteiger partial charge in [-0.05, 0) is 26.8 Å². The van der Waals surface area contributed by atoms with Gasteiger partial charge in [0.2, 0.25) is 0 Å². The largest absolute Gasteiger partial charge is 0.383 e. The summed E-state index contributed by atoms with van der Waals surface area (Å²) in [5.74, 6) is 1.25. The highest BCUT2D eigenvalue weighted by molar-refractivity contribution is 7.12. The monoisotopic (exact) mass is 295 g/mol. The maximum atomic E-state index is 6.11. The summed E-state index contributed by atoms with van der Waals surface area (Å²) in [4.78, 5) is 11.7. The molecule has 0 saturated heterocycles. The maximum Gasteiger partial charge on any atom is 0.163 e. The molecule has 0 radical (unpaired) electrons. The third-order valence-electron chi connectivity index (χ3n) is 3.51. The molecule has 0 aliphatic heterocycles. The van der Waals surface area contributed by atoms with Crippen LogP contribution >= 0.6 is 11.3 Å². The summed E-state index contributed by atoms with van der Waals surface area (Å²) in [6.45, 7) is 6.15. The van der Waals surface area contributed by atoms with Crippen LogP contribution in [0.15, 0.2) is 36.4 Å². The van der Waals surface area contributed by atoms with E-state index in [1.807, 2.05) is 37.3 Å². The fraction of sp³-hybridized carbons (Fsp3) is 0.176. The van der Waals surface area contributed by atoms with Crippen molar-refractivity contribution in [2.24, 2.45) is 0 Å². The molecule has 3 aromatic rings. The Kier molecular flexibility index (Phi) is 3.47. The van der Waals surface area contributed by atoms with Gasteiger partial charge in [-0.25, -0.2) is 9.97 Å². The van der Waals surface area contributed by atoms with Crippen molar-refractivity contribution in [3.63, 3.8) is 0 Å². The minimum atomic E-state index is 0.544. The van der Waals surface area contributed by atoms with E-state index in [0.717, 1.165) is 22.4 Å². The van der Waals surface area contributed by atoms with Gasteiger partial charge in [0.05, 0.1) is 5.69 Å². The Morgan fingerprint density at radius 3 is 2.33 bits per heavy atom. The first kappa shape index (κ1) is 13.8. The van der Waals surface area contributed by atoms with Gasteiger partial charge in [-0.3, -0.25) is 0 Å². The highest BCUT2D eigenvalue weighted by Gasteiger charge is 2.14. The molecule has 0 atom stereocenters. The normalized spacial score (nSPS) is 10.8. The van der Waals surface area contributed by atoms with Crippen molar-refractivity contribution in [1.82, 2.24) is 9.97 Å². The van der Waals surface area contributed by atoms with E-state index in [2.05, 4.69) is 24.9 Å². The number of aryl methyl sites for hydroxylation is 2.